The van der Waals surface area contributed by atoms with Crippen LogP contribution in [0.25, 0.3) is 11.4 Å². The predicted molar refractivity (Wildman–Crippen MR) is 96.6 cm³/mol. The molecule has 24 heavy (non-hydrogen) atoms. The van der Waals surface area contributed by atoms with E-state index in [1.165, 1.54) is 16.8 Å². The quantitative estimate of drug-likeness (QED) is 0.306. The first kappa shape index (κ1) is 16.2. The first-order chi connectivity index (χ1) is 11.5. The summed E-state index contributed by atoms with van der Waals surface area (Å²) >= 11 is 8.62. The normalized spacial score (nSPS) is 11.0. The number of hydrogen-bond acceptors (Lipinski definition) is 5. The van der Waals surface area contributed by atoms with Crippen molar-refractivity contribution in [1.82, 2.24) is 14.9 Å². The largest absolute Gasteiger partial charge is 0.269 e. The molecular formula is C15H10BrN5O2S. The fourth-order valence-corrected chi connectivity index (χ4v) is 2.60. The van der Waals surface area contributed by atoms with E-state index in [0.717, 1.165) is 10.0 Å². The molecule has 1 N–H and O–H groups in total. The second-order valence-electron chi connectivity index (χ2n) is 4.77. The Morgan fingerprint density at radius 1 is 1.29 bits per heavy atom. The number of non-ortho nitro benzene ring substituents is 1. The monoisotopic (exact) mass is 403 g/mol. The summed E-state index contributed by atoms with van der Waals surface area (Å²) < 4.78 is 2.77. The van der Waals surface area contributed by atoms with Gasteiger partial charge < -0.3 is 0 Å². The summed E-state index contributed by atoms with van der Waals surface area (Å²) in [7, 11) is 0. The Morgan fingerprint density at radius 2 is 2.04 bits per heavy atom. The second-order valence-corrected chi connectivity index (χ2v) is 6.07. The summed E-state index contributed by atoms with van der Waals surface area (Å²) in [5, 5.41) is 21.9. The molecule has 0 aliphatic heterocycles. The number of benzene rings is 2. The highest BCUT2D eigenvalue weighted by Crippen LogP contribution is 2.21. The van der Waals surface area contributed by atoms with Crippen molar-refractivity contribution in [1.29, 1.82) is 0 Å². The van der Waals surface area contributed by atoms with Crippen LogP contribution in [0.15, 0.2) is 58.1 Å². The van der Waals surface area contributed by atoms with Crippen LogP contribution in [0.4, 0.5) is 5.69 Å². The minimum Gasteiger partial charge on any atom is -0.258 e. The van der Waals surface area contributed by atoms with Gasteiger partial charge in [0.25, 0.3) is 5.69 Å². The molecular weight excluding hydrogens is 394 g/mol. The van der Waals surface area contributed by atoms with Crippen molar-refractivity contribution >= 4 is 40.0 Å². The summed E-state index contributed by atoms with van der Waals surface area (Å²) in [5.74, 6) is 0.569. The zero-order valence-electron chi connectivity index (χ0n) is 12.1. The van der Waals surface area contributed by atoms with E-state index in [4.69, 9.17) is 12.2 Å². The van der Waals surface area contributed by atoms with Crippen LogP contribution >= 0.6 is 28.1 Å². The number of aromatic nitrogens is 3. The van der Waals surface area contributed by atoms with E-state index in [0.29, 0.717) is 16.2 Å². The topological polar surface area (TPSA) is 89.1 Å². The van der Waals surface area contributed by atoms with Crippen LogP contribution < -0.4 is 0 Å². The highest BCUT2D eigenvalue weighted by molar-refractivity contribution is 9.10. The molecule has 0 saturated heterocycles. The maximum absolute atomic E-state index is 10.7. The zero-order chi connectivity index (χ0) is 17.1. The lowest BCUT2D eigenvalue weighted by atomic mass is 10.2. The number of aromatic amines is 1. The molecule has 0 fully saturated rings. The molecule has 7 nitrogen and oxygen atoms in total. The van der Waals surface area contributed by atoms with Gasteiger partial charge >= 0.3 is 0 Å². The van der Waals surface area contributed by atoms with E-state index in [9.17, 15) is 10.1 Å². The van der Waals surface area contributed by atoms with Crippen molar-refractivity contribution in [2.45, 2.75) is 0 Å². The second kappa shape index (κ2) is 6.85. The Morgan fingerprint density at radius 3 is 2.71 bits per heavy atom. The van der Waals surface area contributed by atoms with Crippen LogP contribution in [-0.4, -0.2) is 26.0 Å². The molecule has 0 atom stereocenters. The number of halogens is 1. The van der Waals surface area contributed by atoms with Gasteiger partial charge in [0, 0.05) is 22.2 Å². The number of nitro groups is 1. The summed E-state index contributed by atoms with van der Waals surface area (Å²) in [6, 6.07) is 13.7. The molecule has 0 spiro atoms. The van der Waals surface area contributed by atoms with Crippen LogP contribution in [0.5, 0.6) is 0 Å². The van der Waals surface area contributed by atoms with Gasteiger partial charge in [-0.3, -0.25) is 10.1 Å². The molecule has 2 aromatic carbocycles. The Hall–Kier alpha value is -2.65. The van der Waals surface area contributed by atoms with Crippen molar-refractivity contribution in [2.24, 2.45) is 5.10 Å². The molecule has 0 bridgehead atoms. The molecule has 0 aliphatic carbocycles. The molecule has 120 valence electrons. The van der Waals surface area contributed by atoms with Crippen molar-refractivity contribution < 1.29 is 4.92 Å². The lowest BCUT2D eigenvalue weighted by Gasteiger charge is -2.01. The molecule has 0 radical (unpaired) electrons. The molecule has 0 saturated carbocycles. The fourth-order valence-electron chi connectivity index (χ4n) is 2.02. The van der Waals surface area contributed by atoms with Crippen molar-refractivity contribution in [3.05, 3.63) is 73.5 Å². The molecule has 0 unspecified atom stereocenters. The van der Waals surface area contributed by atoms with Crippen LogP contribution in [0.3, 0.4) is 0 Å². The van der Waals surface area contributed by atoms with Crippen LogP contribution in [0, 0.1) is 14.9 Å². The van der Waals surface area contributed by atoms with E-state index in [2.05, 4.69) is 31.2 Å². The number of nitrogens with one attached hydrogen (secondary N) is 1. The molecule has 3 rings (SSSR count). The smallest absolute Gasteiger partial charge is 0.258 e. The third kappa shape index (κ3) is 3.47. The van der Waals surface area contributed by atoms with Gasteiger partial charge in [-0.1, -0.05) is 28.1 Å². The SMILES string of the molecule is O=[N+]([O-])c1ccc(/C=N\n2c(-c3cccc(Br)c3)n[nH]c2=S)cc1. The molecule has 0 aliphatic rings. The summed E-state index contributed by atoms with van der Waals surface area (Å²) in [5.41, 5.74) is 1.59. The van der Waals surface area contributed by atoms with Gasteiger partial charge in [0.15, 0.2) is 5.82 Å². The van der Waals surface area contributed by atoms with E-state index in [-0.39, 0.29) is 5.69 Å². The highest BCUT2D eigenvalue weighted by Gasteiger charge is 2.08. The molecule has 0 amide bonds. The van der Waals surface area contributed by atoms with Crippen molar-refractivity contribution in [3.63, 3.8) is 0 Å². The fraction of sp³-hybridized carbons (Fsp3) is 0. The van der Waals surface area contributed by atoms with Gasteiger partial charge in [0.1, 0.15) is 0 Å². The summed E-state index contributed by atoms with van der Waals surface area (Å²) in [6.45, 7) is 0. The van der Waals surface area contributed by atoms with Gasteiger partial charge in [0.2, 0.25) is 4.77 Å². The average molecular weight is 404 g/mol. The van der Waals surface area contributed by atoms with Crippen molar-refractivity contribution in [3.8, 4) is 11.4 Å². The van der Waals surface area contributed by atoms with Gasteiger partial charge in [0.05, 0.1) is 11.1 Å². The Kier molecular flexibility index (Phi) is 4.63. The summed E-state index contributed by atoms with van der Waals surface area (Å²) in [6.07, 6.45) is 1.57. The first-order valence-electron chi connectivity index (χ1n) is 6.77. The maximum atomic E-state index is 10.7. The van der Waals surface area contributed by atoms with E-state index >= 15 is 0 Å². The van der Waals surface area contributed by atoms with Crippen molar-refractivity contribution in [2.75, 3.05) is 0 Å². The number of H-pyrrole nitrogens is 1. The summed E-state index contributed by atoms with van der Waals surface area (Å²) in [4.78, 5) is 10.2. The van der Waals surface area contributed by atoms with Gasteiger partial charge in [-0.25, -0.2) is 5.10 Å². The third-order valence-electron chi connectivity index (χ3n) is 3.16. The van der Waals surface area contributed by atoms with Crippen LogP contribution in [0.1, 0.15) is 5.56 Å². The number of hydrogen-bond donors (Lipinski definition) is 1. The standard InChI is InChI=1S/C15H10BrN5O2S/c16-12-3-1-2-11(8-12)14-18-19-15(24)20(14)17-9-10-4-6-13(7-5-10)21(22)23/h1-9H,(H,19,24)/b17-9-. The van der Waals surface area contributed by atoms with E-state index in [1.807, 2.05) is 24.3 Å². The predicted octanol–water partition coefficient (Wildman–Crippen LogP) is 4.16. The van der Waals surface area contributed by atoms with Crippen LogP contribution in [0.2, 0.25) is 0 Å². The minimum atomic E-state index is -0.446. The van der Waals surface area contributed by atoms with E-state index in [1.54, 1.807) is 18.3 Å². The van der Waals surface area contributed by atoms with E-state index < -0.39 is 4.92 Å². The lowest BCUT2D eigenvalue weighted by molar-refractivity contribution is -0.384. The minimum absolute atomic E-state index is 0.0295. The Bertz CT molecular complexity index is 978. The average Bonchev–Trinajstić information content (AvgIpc) is 2.94. The third-order valence-corrected chi connectivity index (χ3v) is 3.92. The number of nitro benzene ring substituents is 1. The van der Waals surface area contributed by atoms with Gasteiger partial charge in [-0.2, -0.15) is 14.9 Å². The van der Waals surface area contributed by atoms with Gasteiger partial charge in [-0.05, 0) is 42.0 Å². The highest BCUT2D eigenvalue weighted by atomic mass is 79.9. The first-order valence-corrected chi connectivity index (χ1v) is 7.97. The molecule has 1 aromatic heterocycles. The maximum Gasteiger partial charge on any atom is 0.269 e. The molecule has 9 heteroatoms. The number of nitrogens with zero attached hydrogens (tertiary/aromatic N) is 4. The Labute approximate surface area is 149 Å². The van der Waals surface area contributed by atoms with Gasteiger partial charge in [-0.15, -0.1) is 0 Å². The Balaban J connectivity index is 1.94. The van der Waals surface area contributed by atoms with Crippen LogP contribution in [-0.2, 0) is 0 Å². The molecule has 1 heterocycles. The lowest BCUT2D eigenvalue weighted by Crippen LogP contribution is -1.95. The molecule has 3 aromatic rings. The number of rotatable bonds is 4. The zero-order valence-corrected chi connectivity index (χ0v) is 14.5.